The Morgan fingerprint density at radius 3 is 1.19 bits per heavy atom. The molecule has 0 aliphatic carbocycles. The molecule has 6 N–H and O–H groups in total. The summed E-state index contributed by atoms with van der Waals surface area (Å²) < 4.78 is 126. The van der Waals surface area contributed by atoms with Gasteiger partial charge in [0, 0.05) is 21.1 Å². The Bertz CT molecular complexity index is 3790. The Morgan fingerprint density at radius 2 is 0.812 bits per heavy atom. The Labute approximate surface area is 500 Å². The zero-order chi connectivity index (χ0) is 62.1. The second-order valence-corrected chi connectivity index (χ2v) is 18.8. The number of hydrogen-bond acceptors (Lipinski definition) is 17. The molecule has 9 rings (SSSR count). The summed E-state index contributed by atoms with van der Waals surface area (Å²) >= 11 is 23.2. The lowest BCUT2D eigenvalue weighted by molar-refractivity contribution is 0.279. The highest BCUT2D eigenvalue weighted by Crippen LogP contribution is 2.34. The topological polar surface area (TPSA) is 243 Å². The molecule has 28 heteroatoms. The number of nitrogens with zero attached hydrogens (tertiary/aromatic N) is 5. The minimum atomic E-state index is -0.896. The number of rotatable bonds is 16. The van der Waals surface area contributed by atoms with Crippen LogP contribution in [0, 0.1) is 55.7 Å². The Morgan fingerprint density at radius 1 is 0.459 bits per heavy atom. The monoisotopic (exact) mass is 1260 g/mol. The van der Waals surface area contributed by atoms with Gasteiger partial charge in [-0.1, -0.05) is 46.4 Å². The van der Waals surface area contributed by atoms with Crippen LogP contribution >= 0.6 is 46.4 Å². The number of halogens is 10. The third-order valence-corrected chi connectivity index (χ3v) is 12.4. The van der Waals surface area contributed by atoms with E-state index in [1.807, 2.05) is 0 Å². The molecule has 0 atom stereocenters. The number of benzene rings is 6. The minimum absolute atomic E-state index is 0.0475. The second kappa shape index (κ2) is 30.6. The van der Waals surface area contributed by atoms with Crippen LogP contribution in [-0.2, 0) is 19.8 Å². The van der Waals surface area contributed by atoms with Gasteiger partial charge in [-0.3, -0.25) is 4.98 Å². The van der Waals surface area contributed by atoms with Crippen LogP contribution in [0.25, 0.3) is 0 Å². The molecule has 9 aromatic rings. The number of aryl methyl sites for hydroxylation is 3. The standard InChI is InChI=1S/C19H16ClF2N3O3.C19H15ClF2N2O4.C14H11ClF2O2.C5H6ClN3O/c1-10-5-12(3-4-13(10)20)28-18-14(21)6-11(7-15(18)22)9-27-17-8-16(26-2)24-19(23)25-17;1-10-5-12(3-4-13(10)20)28-18-14(21)6-11(7-15(18)22)9-27-17-8-16(26-2)23-19(25)24-17;1-8-4-10(2-3-11(8)15)19-14-12(16)5-9(7-18)6-13(14)17;1-10-4-2-3(6)8-5(7)9-4/h3-8H,9H2,1-2H3,(H2,23,24,25);3-8H,9H2,1-2H3,(H,23,24,25);2-6,18H,7H2,1H3;2H,1H3,(H2,7,8,9). The summed E-state index contributed by atoms with van der Waals surface area (Å²) in [6.45, 7) is 4.49. The number of aromatic amines is 1. The van der Waals surface area contributed by atoms with E-state index in [2.05, 4.69) is 29.9 Å². The van der Waals surface area contributed by atoms with E-state index in [-0.39, 0.29) is 87.7 Å². The number of anilines is 2. The fourth-order valence-corrected chi connectivity index (χ4v) is 7.35. The highest BCUT2D eigenvalue weighted by atomic mass is 35.5. The van der Waals surface area contributed by atoms with Gasteiger partial charge in [-0.25, -0.2) is 36.1 Å². The number of nitrogens with two attached hydrogens (primary N) is 2. The van der Waals surface area contributed by atoms with Crippen molar-refractivity contribution >= 4 is 58.3 Å². The predicted molar refractivity (Wildman–Crippen MR) is 305 cm³/mol. The van der Waals surface area contributed by atoms with E-state index in [9.17, 15) is 31.1 Å². The van der Waals surface area contributed by atoms with E-state index in [0.29, 0.717) is 26.5 Å². The smallest absolute Gasteiger partial charge is 0.351 e. The molecule has 85 heavy (non-hydrogen) atoms. The number of nitrogen functional groups attached to an aromatic ring is 2. The number of aliphatic hydroxyl groups is 1. The van der Waals surface area contributed by atoms with Crippen LogP contribution in [0.3, 0.4) is 0 Å². The van der Waals surface area contributed by atoms with Crippen molar-refractivity contribution in [3.63, 3.8) is 0 Å². The quantitative estimate of drug-likeness (QED) is 0.0519. The van der Waals surface area contributed by atoms with Crippen molar-refractivity contribution in [1.82, 2.24) is 29.9 Å². The normalized spacial score (nSPS) is 10.5. The van der Waals surface area contributed by atoms with Crippen molar-refractivity contribution in [1.29, 1.82) is 0 Å². The van der Waals surface area contributed by atoms with Crippen LogP contribution in [0.2, 0.25) is 20.2 Å². The first-order chi connectivity index (χ1) is 40.4. The molecule has 0 unspecified atom stereocenters. The number of H-pyrrole nitrogens is 1. The van der Waals surface area contributed by atoms with Crippen molar-refractivity contribution in [3.05, 3.63) is 208 Å². The van der Waals surface area contributed by atoms with Gasteiger partial charge in [0.25, 0.3) is 0 Å². The summed E-state index contributed by atoms with van der Waals surface area (Å²) in [6.07, 6.45) is 0. The van der Waals surface area contributed by atoms with Gasteiger partial charge in [0.15, 0.2) is 52.2 Å². The maximum Gasteiger partial charge on any atom is 0.351 e. The molecule has 0 spiro atoms. The minimum Gasteiger partial charge on any atom is -0.481 e. The summed E-state index contributed by atoms with van der Waals surface area (Å²) in [7, 11) is 4.24. The van der Waals surface area contributed by atoms with Crippen LogP contribution in [0.5, 0.6) is 63.9 Å². The van der Waals surface area contributed by atoms with E-state index in [1.165, 1.54) is 57.7 Å². The first-order valence-electron chi connectivity index (χ1n) is 24.2. The molecule has 0 amide bonds. The summed E-state index contributed by atoms with van der Waals surface area (Å²) in [5.74, 6) is -5.13. The van der Waals surface area contributed by atoms with Crippen molar-refractivity contribution in [2.45, 2.75) is 40.6 Å². The van der Waals surface area contributed by atoms with Gasteiger partial charge >= 0.3 is 5.69 Å². The maximum atomic E-state index is 14.4. The largest absolute Gasteiger partial charge is 0.481 e. The fraction of sp³-hybridized carbons (Fsp3) is 0.158. The molecule has 0 bridgehead atoms. The highest BCUT2D eigenvalue weighted by molar-refractivity contribution is 6.32. The lowest BCUT2D eigenvalue weighted by atomic mass is 10.2. The molecule has 3 heterocycles. The average Bonchev–Trinajstić information content (AvgIpc) is 3.63. The second-order valence-electron chi connectivity index (χ2n) is 17.2. The molecule has 0 saturated heterocycles. The third kappa shape index (κ3) is 19.3. The molecule has 0 saturated carbocycles. The van der Waals surface area contributed by atoms with Gasteiger partial charge in [-0.2, -0.15) is 19.9 Å². The molecule has 18 nitrogen and oxygen atoms in total. The summed E-state index contributed by atoms with van der Waals surface area (Å²) in [6, 6.07) is 24.7. The summed E-state index contributed by atoms with van der Waals surface area (Å²) in [5, 5.41) is 10.7. The van der Waals surface area contributed by atoms with E-state index >= 15 is 0 Å². The number of nitrogens with one attached hydrogen (secondary N) is 1. The number of methoxy groups -OCH3 is 3. The van der Waals surface area contributed by atoms with Gasteiger partial charge in [0.05, 0.1) is 40.1 Å². The Balaban J connectivity index is 0.000000191. The van der Waals surface area contributed by atoms with Crippen molar-refractivity contribution < 1.29 is 69.3 Å². The number of ether oxygens (including phenoxy) is 8. The molecule has 446 valence electrons. The SMILES string of the molecule is COc1cc(Cl)nc(N)n1.COc1cc(OCc2cc(F)c(Oc3ccc(Cl)c(C)c3)c(F)c2)[nH]c(=O)n1.COc1cc(OCc2cc(F)c(Oc3ccc(Cl)c(C)c3)c(F)c2)nc(N)n1.Cc1cc(Oc2c(F)cc(CO)cc2F)ccc1Cl. The summed E-state index contributed by atoms with van der Waals surface area (Å²) in [4.78, 5) is 32.3. The van der Waals surface area contributed by atoms with Gasteiger partial charge < -0.3 is 54.5 Å². The molecule has 0 aliphatic rings. The number of aliphatic hydroxyl groups excluding tert-OH is 1. The Hall–Kier alpha value is -8.94. The predicted octanol–water partition coefficient (Wildman–Crippen LogP) is 14.0. The summed E-state index contributed by atoms with van der Waals surface area (Å²) in [5.41, 5.74) is 12.9. The van der Waals surface area contributed by atoms with E-state index in [1.54, 1.807) is 57.2 Å². The zero-order valence-corrected chi connectivity index (χ0v) is 48.3. The Kier molecular flexibility index (Phi) is 23.5. The van der Waals surface area contributed by atoms with Gasteiger partial charge in [-0.15, -0.1) is 0 Å². The maximum absolute atomic E-state index is 14.4. The van der Waals surface area contributed by atoms with E-state index in [4.69, 9.17) is 101 Å². The number of hydrogen-bond donors (Lipinski definition) is 4. The van der Waals surface area contributed by atoms with Gasteiger partial charge in [0.2, 0.25) is 41.3 Å². The number of aromatic nitrogens is 6. The first kappa shape index (κ1) is 65.2. The molecule has 0 aliphatic heterocycles. The zero-order valence-electron chi connectivity index (χ0n) is 45.3. The molecular weight excluding hydrogens is 1210 g/mol. The first-order valence-corrected chi connectivity index (χ1v) is 25.8. The van der Waals surface area contributed by atoms with Crippen LogP contribution in [0.1, 0.15) is 33.4 Å². The lowest BCUT2D eigenvalue weighted by Gasteiger charge is -2.12. The fourth-order valence-electron chi connectivity index (χ4n) is 6.82. The third-order valence-electron chi connectivity index (χ3n) is 10.9. The van der Waals surface area contributed by atoms with Crippen LogP contribution in [-0.4, -0.2) is 56.3 Å². The average molecular weight is 1260 g/mol. The van der Waals surface area contributed by atoms with E-state index < -0.39 is 64.4 Å². The molecule has 3 aromatic heterocycles. The molecule has 6 aromatic carbocycles. The highest BCUT2D eigenvalue weighted by Gasteiger charge is 2.18. The van der Waals surface area contributed by atoms with Gasteiger partial charge in [0.1, 0.15) is 35.6 Å². The van der Waals surface area contributed by atoms with Crippen LogP contribution in [0.4, 0.5) is 38.2 Å². The molecule has 0 fully saturated rings. The van der Waals surface area contributed by atoms with Gasteiger partial charge in [-0.05, 0) is 145 Å². The molecule has 0 radical (unpaired) electrons. The van der Waals surface area contributed by atoms with Crippen molar-refractivity contribution in [3.8, 4) is 63.9 Å². The van der Waals surface area contributed by atoms with Crippen molar-refractivity contribution in [2.24, 2.45) is 0 Å². The molecular formula is C57H48Cl4F6N8O10. The lowest BCUT2D eigenvalue weighted by Crippen LogP contribution is -2.12. The van der Waals surface area contributed by atoms with E-state index in [0.717, 1.165) is 47.5 Å². The van der Waals surface area contributed by atoms with Crippen molar-refractivity contribution in [2.75, 3.05) is 32.8 Å². The van der Waals surface area contributed by atoms with Crippen LogP contribution < -0.4 is 55.1 Å². The van der Waals surface area contributed by atoms with Crippen LogP contribution in [0.15, 0.2) is 114 Å².